The van der Waals surface area contributed by atoms with Gasteiger partial charge in [0.25, 0.3) is 0 Å². The van der Waals surface area contributed by atoms with E-state index in [0.29, 0.717) is 6.10 Å². The lowest BCUT2D eigenvalue weighted by Crippen LogP contribution is -2.22. The van der Waals surface area contributed by atoms with Crippen molar-refractivity contribution >= 4 is 5.82 Å². The molecule has 0 amide bonds. The first kappa shape index (κ1) is 13.8. The summed E-state index contributed by atoms with van der Waals surface area (Å²) in [6.45, 7) is 1.89. The molecule has 4 heteroatoms. The highest BCUT2D eigenvalue weighted by atomic mass is 16.5. The molecule has 1 aliphatic heterocycles. The number of aryl methyl sites for hydroxylation is 1. The Morgan fingerprint density at radius 2 is 2.05 bits per heavy atom. The van der Waals surface area contributed by atoms with Crippen LogP contribution in [0.25, 0.3) is 0 Å². The van der Waals surface area contributed by atoms with Crippen molar-refractivity contribution in [3.8, 4) is 0 Å². The number of hydrogen-bond donors (Lipinski definition) is 1. The fourth-order valence-electron chi connectivity index (χ4n) is 3.24. The molecular weight excluding hydrogens is 250 g/mol. The molecule has 1 unspecified atom stereocenters. The Balaban J connectivity index is 1.57. The van der Waals surface area contributed by atoms with E-state index in [1.54, 1.807) is 6.33 Å². The Kier molecular flexibility index (Phi) is 4.85. The van der Waals surface area contributed by atoms with Crippen molar-refractivity contribution < 1.29 is 4.74 Å². The first-order valence-electron chi connectivity index (χ1n) is 8.12. The second-order valence-corrected chi connectivity index (χ2v) is 5.91. The van der Waals surface area contributed by atoms with Gasteiger partial charge in [-0.15, -0.1) is 0 Å². The minimum Gasteiger partial charge on any atom is -0.378 e. The third-order valence-corrected chi connectivity index (χ3v) is 4.41. The number of ether oxygens (including phenoxy) is 1. The highest BCUT2D eigenvalue weighted by Crippen LogP contribution is 2.24. The zero-order valence-corrected chi connectivity index (χ0v) is 12.2. The molecule has 3 rings (SSSR count). The monoisotopic (exact) mass is 275 g/mol. The van der Waals surface area contributed by atoms with Gasteiger partial charge in [0.15, 0.2) is 0 Å². The van der Waals surface area contributed by atoms with Crippen LogP contribution >= 0.6 is 0 Å². The van der Waals surface area contributed by atoms with Crippen LogP contribution in [-0.4, -0.2) is 29.2 Å². The molecule has 1 saturated heterocycles. The van der Waals surface area contributed by atoms with Crippen molar-refractivity contribution in [3.05, 3.63) is 17.6 Å². The van der Waals surface area contributed by atoms with Crippen molar-refractivity contribution in [2.45, 2.75) is 63.9 Å². The molecular formula is C16H25N3O. The summed E-state index contributed by atoms with van der Waals surface area (Å²) in [5.41, 5.74) is 2.61. The smallest absolute Gasteiger partial charge is 0.132 e. The second-order valence-electron chi connectivity index (χ2n) is 5.91. The number of rotatable bonds is 4. The number of nitrogens with zero attached hydrogens (tertiary/aromatic N) is 2. The van der Waals surface area contributed by atoms with E-state index in [2.05, 4.69) is 15.3 Å². The molecule has 0 aromatic carbocycles. The van der Waals surface area contributed by atoms with Gasteiger partial charge in [-0.3, -0.25) is 0 Å². The molecule has 20 heavy (non-hydrogen) atoms. The lowest BCUT2D eigenvalue weighted by molar-refractivity contribution is 0.0134. The Morgan fingerprint density at radius 1 is 1.10 bits per heavy atom. The largest absolute Gasteiger partial charge is 0.378 e. The SMILES string of the molecule is c1nc2c(c(NCCC3CCCCO3)n1)CCCCC2. The van der Waals surface area contributed by atoms with E-state index in [9.17, 15) is 0 Å². The molecule has 0 spiro atoms. The van der Waals surface area contributed by atoms with Gasteiger partial charge in [-0.2, -0.15) is 0 Å². The molecule has 1 N–H and O–H groups in total. The molecule has 2 aliphatic rings. The number of fused-ring (bicyclic) bond motifs is 1. The van der Waals surface area contributed by atoms with Crippen LogP contribution in [0.4, 0.5) is 5.82 Å². The first-order valence-corrected chi connectivity index (χ1v) is 8.12. The van der Waals surface area contributed by atoms with Crippen LogP contribution in [-0.2, 0) is 17.6 Å². The predicted octanol–water partition coefficient (Wildman–Crippen LogP) is 3.12. The van der Waals surface area contributed by atoms with Crippen molar-refractivity contribution in [2.24, 2.45) is 0 Å². The van der Waals surface area contributed by atoms with Crippen LogP contribution in [0.3, 0.4) is 0 Å². The predicted molar refractivity (Wildman–Crippen MR) is 80.0 cm³/mol. The lowest BCUT2D eigenvalue weighted by Gasteiger charge is -2.23. The van der Waals surface area contributed by atoms with E-state index in [4.69, 9.17) is 4.74 Å². The summed E-state index contributed by atoms with van der Waals surface area (Å²) in [6.07, 6.45) is 13.1. The van der Waals surface area contributed by atoms with E-state index >= 15 is 0 Å². The summed E-state index contributed by atoms with van der Waals surface area (Å²) in [5, 5.41) is 3.52. The van der Waals surface area contributed by atoms with Crippen molar-refractivity contribution in [2.75, 3.05) is 18.5 Å². The number of anilines is 1. The van der Waals surface area contributed by atoms with Crippen LogP contribution in [0.1, 0.15) is 56.2 Å². The summed E-state index contributed by atoms with van der Waals surface area (Å²) < 4.78 is 5.78. The number of hydrogen-bond acceptors (Lipinski definition) is 4. The van der Waals surface area contributed by atoms with Crippen LogP contribution in [0.5, 0.6) is 0 Å². The molecule has 4 nitrogen and oxygen atoms in total. The molecule has 1 aliphatic carbocycles. The average Bonchev–Trinajstić information content (AvgIpc) is 2.74. The zero-order valence-electron chi connectivity index (χ0n) is 12.2. The Morgan fingerprint density at radius 3 is 2.95 bits per heavy atom. The lowest BCUT2D eigenvalue weighted by atomic mass is 10.1. The van der Waals surface area contributed by atoms with E-state index in [-0.39, 0.29) is 0 Å². The molecule has 2 heterocycles. The van der Waals surface area contributed by atoms with Gasteiger partial charge in [0, 0.05) is 24.4 Å². The fourth-order valence-corrected chi connectivity index (χ4v) is 3.24. The third kappa shape index (κ3) is 3.48. The molecule has 110 valence electrons. The molecule has 0 bridgehead atoms. The van der Waals surface area contributed by atoms with Crippen molar-refractivity contribution in [1.82, 2.24) is 9.97 Å². The molecule has 1 atom stereocenters. The Bertz CT molecular complexity index is 430. The highest BCUT2D eigenvalue weighted by Gasteiger charge is 2.16. The molecule has 0 radical (unpaired) electrons. The summed E-state index contributed by atoms with van der Waals surface area (Å²) in [4.78, 5) is 8.92. The van der Waals surface area contributed by atoms with E-state index in [0.717, 1.165) is 38.2 Å². The fraction of sp³-hybridized carbons (Fsp3) is 0.750. The van der Waals surface area contributed by atoms with E-state index in [1.165, 1.54) is 49.8 Å². The summed E-state index contributed by atoms with van der Waals surface area (Å²) in [5.74, 6) is 1.06. The maximum Gasteiger partial charge on any atom is 0.132 e. The highest BCUT2D eigenvalue weighted by molar-refractivity contribution is 5.46. The van der Waals surface area contributed by atoms with Gasteiger partial charge in [0.1, 0.15) is 12.1 Å². The van der Waals surface area contributed by atoms with Gasteiger partial charge < -0.3 is 10.1 Å². The minimum absolute atomic E-state index is 0.441. The maximum atomic E-state index is 5.78. The normalized spacial score (nSPS) is 22.9. The number of nitrogens with one attached hydrogen (secondary N) is 1. The Labute approximate surface area is 121 Å². The van der Waals surface area contributed by atoms with Crippen LogP contribution < -0.4 is 5.32 Å². The topological polar surface area (TPSA) is 47.0 Å². The van der Waals surface area contributed by atoms with Crippen molar-refractivity contribution in [1.29, 1.82) is 0 Å². The minimum atomic E-state index is 0.441. The van der Waals surface area contributed by atoms with Gasteiger partial charge >= 0.3 is 0 Å². The van der Waals surface area contributed by atoms with Crippen LogP contribution in [0.15, 0.2) is 6.33 Å². The molecule has 1 aromatic heterocycles. The standard InChI is InChI=1S/C16H25N3O/c1-2-7-14-15(8-3-1)18-12-19-16(14)17-10-9-13-6-4-5-11-20-13/h12-13H,1-11H2,(H,17,18,19). The van der Waals surface area contributed by atoms with Crippen LogP contribution in [0, 0.1) is 0 Å². The molecule has 1 aromatic rings. The number of aromatic nitrogens is 2. The summed E-state index contributed by atoms with van der Waals surface area (Å²) in [6, 6.07) is 0. The van der Waals surface area contributed by atoms with Gasteiger partial charge in [0.05, 0.1) is 6.10 Å². The third-order valence-electron chi connectivity index (χ3n) is 4.41. The average molecular weight is 275 g/mol. The maximum absolute atomic E-state index is 5.78. The van der Waals surface area contributed by atoms with Gasteiger partial charge in [0.2, 0.25) is 0 Å². The van der Waals surface area contributed by atoms with Gasteiger partial charge in [-0.05, 0) is 51.4 Å². The second kappa shape index (κ2) is 7.02. The van der Waals surface area contributed by atoms with E-state index in [1.807, 2.05) is 0 Å². The van der Waals surface area contributed by atoms with Gasteiger partial charge in [-0.25, -0.2) is 9.97 Å². The Hall–Kier alpha value is -1.16. The molecule has 1 fully saturated rings. The summed E-state index contributed by atoms with van der Waals surface area (Å²) >= 11 is 0. The quantitative estimate of drug-likeness (QED) is 0.858. The van der Waals surface area contributed by atoms with Crippen molar-refractivity contribution in [3.63, 3.8) is 0 Å². The summed E-state index contributed by atoms with van der Waals surface area (Å²) in [7, 11) is 0. The van der Waals surface area contributed by atoms with Crippen LogP contribution in [0.2, 0.25) is 0 Å². The molecule has 0 saturated carbocycles. The first-order chi connectivity index (χ1) is 9.93. The zero-order chi connectivity index (χ0) is 13.6. The van der Waals surface area contributed by atoms with E-state index < -0.39 is 0 Å². The van der Waals surface area contributed by atoms with Gasteiger partial charge in [-0.1, -0.05) is 6.42 Å².